The maximum Gasteiger partial charge on any atom is 0.123 e. The molecular weight excluding hydrogens is 212 g/mol. The SMILES string of the molecule is CCCOc1cc(N)cc(N(CC)CCC)c1. The fourth-order valence-electron chi connectivity index (χ4n) is 1.83. The van der Waals surface area contributed by atoms with Gasteiger partial charge in [0.05, 0.1) is 6.61 Å². The van der Waals surface area contributed by atoms with Crippen molar-refractivity contribution in [2.75, 3.05) is 30.3 Å². The molecular formula is C14H24N2O. The zero-order chi connectivity index (χ0) is 12.7. The van der Waals surface area contributed by atoms with E-state index in [-0.39, 0.29) is 0 Å². The van der Waals surface area contributed by atoms with Crippen molar-refractivity contribution < 1.29 is 4.74 Å². The third-order valence-electron chi connectivity index (χ3n) is 2.63. The highest BCUT2D eigenvalue weighted by Gasteiger charge is 2.06. The standard InChI is InChI=1S/C14H24N2O/c1-4-7-16(6-3)13-9-12(15)10-14(11-13)17-8-5-2/h9-11H,4-8,15H2,1-3H3. The molecule has 0 saturated carbocycles. The quantitative estimate of drug-likeness (QED) is 0.738. The van der Waals surface area contributed by atoms with Crippen LogP contribution in [0.1, 0.15) is 33.6 Å². The maximum absolute atomic E-state index is 5.91. The van der Waals surface area contributed by atoms with Crippen LogP contribution in [0.3, 0.4) is 0 Å². The van der Waals surface area contributed by atoms with E-state index in [1.165, 1.54) is 0 Å². The van der Waals surface area contributed by atoms with Crippen LogP contribution in [0.4, 0.5) is 11.4 Å². The van der Waals surface area contributed by atoms with Crippen molar-refractivity contribution >= 4 is 11.4 Å². The summed E-state index contributed by atoms with van der Waals surface area (Å²) in [5.74, 6) is 0.872. The van der Waals surface area contributed by atoms with Gasteiger partial charge in [0.25, 0.3) is 0 Å². The Morgan fingerprint density at radius 2 is 1.88 bits per heavy atom. The zero-order valence-electron chi connectivity index (χ0n) is 11.2. The lowest BCUT2D eigenvalue weighted by Gasteiger charge is -2.23. The van der Waals surface area contributed by atoms with Gasteiger partial charge in [-0.05, 0) is 25.8 Å². The zero-order valence-corrected chi connectivity index (χ0v) is 11.2. The monoisotopic (exact) mass is 236 g/mol. The number of anilines is 2. The van der Waals surface area contributed by atoms with Crippen LogP contribution in [0, 0.1) is 0 Å². The molecule has 96 valence electrons. The highest BCUT2D eigenvalue weighted by molar-refractivity contribution is 5.60. The molecule has 1 rings (SSSR count). The predicted molar refractivity (Wildman–Crippen MR) is 74.8 cm³/mol. The fourth-order valence-corrected chi connectivity index (χ4v) is 1.83. The molecule has 17 heavy (non-hydrogen) atoms. The molecule has 0 saturated heterocycles. The lowest BCUT2D eigenvalue weighted by molar-refractivity contribution is 0.317. The molecule has 0 aliphatic rings. The van der Waals surface area contributed by atoms with Crippen molar-refractivity contribution in [1.29, 1.82) is 0 Å². The first-order valence-corrected chi connectivity index (χ1v) is 6.49. The Morgan fingerprint density at radius 3 is 2.47 bits per heavy atom. The number of hydrogen-bond acceptors (Lipinski definition) is 3. The van der Waals surface area contributed by atoms with Crippen LogP contribution in [0.2, 0.25) is 0 Å². The maximum atomic E-state index is 5.91. The van der Waals surface area contributed by atoms with Gasteiger partial charge in [-0.25, -0.2) is 0 Å². The number of nitrogens with zero attached hydrogens (tertiary/aromatic N) is 1. The molecule has 0 bridgehead atoms. The Kier molecular flexibility index (Phi) is 5.67. The van der Waals surface area contributed by atoms with Crippen molar-refractivity contribution in [3.63, 3.8) is 0 Å². The molecule has 0 radical (unpaired) electrons. The number of benzene rings is 1. The summed E-state index contributed by atoms with van der Waals surface area (Å²) >= 11 is 0. The summed E-state index contributed by atoms with van der Waals surface area (Å²) in [6.07, 6.45) is 2.14. The summed E-state index contributed by atoms with van der Waals surface area (Å²) < 4.78 is 5.64. The Morgan fingerprint density at radius 1 is 1.12 bits per heavy atom. The average Bonchev–Trinajstić information content (AvgIpc) is 2.32. The third-order valence-corrected chi connectivity index (χ3v) is 2.63. The lowest BCUT2D eigenvalue weighted by Crippen LogP contribution is -2.23. The number of nitrogen functional groups attached to an aromatic ring is 1. The highest BCUT2D eigenvalue weighted by Crippen LogP contribution is 2.25. The summed E-state index contributed by atoms with van der Waals surface area (Å²) in [6, 6.07) is 5.97. The molecule has 0 aromatic heterocycles. The number of nitrogens with two attached hydrogens (primary N) is 1. The van der Waals surface area contributed by atoms with Crippen molar-refractivity contribution in [2.24, 2.45) is 0 Å². The highest BCUT2D eigenvalue weighted by atomic mass is 16.5. The molecule has 1 aromatic carbocycles. The fraction of sp³-hybridized carbons (Fsp3) is 0.571. The second-order valence-electron chi connectivity index (χ2n) is 4.19. The molecule has 0 spiro atoms. The van der Waals surface area contributed by atoms with Crippen LogP contribution < -0.4 is 15.4 Å². The van der Waals surface area contributed by atoms with Gasteiger partial charge in [-0.3, -0.25) is 0 Å². The average molecular weight is 236 g/mol. The van der Waals surface area contributed by atoms with E-state index in [2.05, 4.69) is 31.7 Å². The van der Waals surface area contributed by atoms with Crippen LogP contribution >= 0.6 is 0 Å². The van der Waals surface area contributed by atoms with Crippen molar-refractivity contribution in [2.45, 2.75) is 33.6 Å². The van der Waals surface area contributed by atoms with E-state index in [0.29, 0.717) is 0 Å². The van der Waals surface area contributed by atoms with Gasteiger partial charge in [0.2, 0.25) is 0 Å². The van der Waals surface area contributed by atoms with E-state index in [9.17, 15) is 0 Å². The largest absolute Gasteiger partial charge is 0.493 e. The van der Waals surface area contributed by atoms with E-state index in [1.807, 2.05) is 12.1 Å². The first-order chi connectivity index (χ1) is 8.21. The number of hydrogen-bond donors (Lipinski definition) is 1. The van der Waals surface area contributed by atoms with Gasteiger partial charge in [0.1, 0.15) is 5.75 Å². The first kappa shape index (κ1) is 13.7. The Balaban J connectivity index is 2.86. The van der Waals surface area contributed by atoms with E-state index in [4.69, 9.17) is 10.5 Å². The molecule has 0 atom stereocenters. The molecule has 0 amide bonds. The van der Waals surface area contributed by atoms with E-state index in [1.54, 1.807) is 0 Å². The van der Waals surface area contributed by atoms with Gasteiger partial charge < -0.3 is 15.4 Å². The second kappa shape index (κ2) is 7.05. The summed E-state index contributed by atoms with van der Waals surface area (Å²) in [5.41, 5.74) is 7.83. The predicted octanol–water partition coefficient (Wildman–Crippen LogP) is 3.29. The smallest absolute Gasteiger partial charge is 0.123 e. The van der Waals surface area contributed by atoms with Gasteiger partial charge in [0.15, 0.2) is 0 Å². The van der Waals surface area contributed by atoms with Crippen molar-refractivity contribution in [3.05, 3.63) is 18.2 Å². The Bertz CT molecular complexity index is 339. The van der Waals surface area contributed by atoms with Crippen molar-refractivity contribution in [1.82, 2.24) is 0 Å². The van der Waals surface area contributed by atoms with E-state index in [0.717, 1.165) is 49.7 Å². The number of ether oxygens (including phenoxy) is 1. The van der Waals surface area contributed by atoms with Crippen LogP contribution in [0.5, 0.6) is 5.75 Å². The number of rotatable bonds is 7. The molecule has 0 fully saturated rings. The van der Waals surface area contributed by atoms with E-state index < -0.39 is 0 Å². The normalized spacial score (nSPS) is 10.3. The van der Waals surface area contributed by atoms with Crippen LogP contribution in [-0.2, 0) is 0 Å². The van der Waals surface area contributed by atoms with Gasteiger partial charge in [-0.1, -0.05) is 13.8 Å². The minimum absolute atomic E-state index is 0.739. The van der Waals surface area contributed by atoms with Crippen LogP contribution in [0.15, 0.2) is 18.2 Å². The topological polar surface area (TPSA) is 38.5 Å². The summed E-state index contributed by atoms with van der Waals surface area (Å²) in [6.45, 7) is 9.22. The molecule has 3 heteroatoms. The minimum atomic E-state index is 0.739. The second-order valence-corrected chi connectivity index (χ2v) is 4.19. The summed E-state index contributed by atoms with van der Waals surface area (Å²) in [5, 5.41) is 0. The van der Waals surface area contributed by atoms with E-state index >= 15 is 0 Å². The molecule has 2 N–H and O–H groups in total. The summed E-state index contributed by atoms with van der Waals surface area (Å²) in [4.78, 5) is 2.31. The Labute approximate surface area is 105 Å². The molecule has 0 unspecified atom stereocenters. The van der Waals surface area contributed by atoms with Crippen molar-refractivity contribution in [3.8, 4) is 5.75 Å². The van der Waals surface area contributed by atoms with Crippen LogP contribution in [-0.4, -0.2) is 19.7 Å². The van der Waals surface area contributed by atoms with Gasteiger partial charge in [0, 0.05) is 36.6 Å². The molecule has 0 heterocycles. The van der Waals surface area contributed by atoms with Gasteiger partial charge in [-0.2, -0.15) is 0 Å². The van der Waals surface area contributed by atoms with Gasteiger partial charge in [-0.15, -0.1) is 0 Å². The third kappa shape index (κ3) is 4.17. The molecule has 0 aliphatic carbocycles. The lowest BCUT2D eigenvalue weighted by atomic mass is 10.2. The minimum Gasteiger partial charge on any atom is -0.493 e. The molecule has 1 aromatic rings. The van der Waals surface area contributed by atoms with Gasteiger partial charge >= 0.3 is 0 Å². The first-order valence-electron chi connectivity index (χ1n) is 6.49. The Hall–Kier alpha value is -1.38. The molecule has 3 nitrogen and oxygen atoms in total. The van der Waals surface area contributed by atoms with Crippen LogP contribution in [0.25, 0.3) is 0 Å². The summed E-state index contributed by atoms with van der Waals surface area (Å²) in [7, 11) is 0. The molecule has 0 aliphatic heterocycles.